The summed E-state index contributed by atoms with van der Waals surface area (Å²) in [4.78, 5) is 11.7. The van der Waals surface area contributed by atoms with Gasteiger partial charge in [0.25, 0.3) is 0 Å². The average molecular weight is 296 g/mol. The minimum absolute atomic E-state index is 0.0380. The maximum atomic E-state index is 11.7. The van der Waals surface area contributed by atoms with E-state index in [0.717, 1.165) is 17.7 Å². The molecule has 3 heteroatoms. The predicted molar refractivity (Wildman–Crippen MR) is 84.7 cm³/mol. The molecule has 1 aliphatic carbocycles. The van der Waals surface area contributed by atoms with Gasteiger partial charge < -0.3 is 9.47 Å². The van der Waals surface area contributed by atoms with Gasteiger partial charge in [0.1, 0.15) is 12.4 Å². The van der Waals surface area contributed by atoms with Crippen LogP contribution in [0, 0.1) is 5.92 Å². The number of carbonyl (C=O) groups is 1. The largest absolute Gasteiger partial charge is 0.489 e. The molecule has 1 aliphatic rings. The van der Waals surface area contributed by atoms with E-state index in [-0.39, 0.29) is 11.9 Å². The first kappa shape index (κ1) is 14.6. The van der Waals surface area contributed by atoms with Crippen molar-refractivity contribution in [1.29, 1.82) is 0 Å². The van der Waals surface area contributed by atoms with Crippen molar-refractivity contribution in [3.05, 3.63) is 65.7 Å². The summed E-state index contributed by atoms with van der Waals surface area (Å²) in [6, 6.07) is 18.1. The molecule has 0 bridgehead atoms. The molecule has 3 nitrogen and oxygen atoms in total. The molecule has 0 amide bonds. The monoisotopic (exact) mass is 296 g/mol. The van der Waals surface area contributed by atoms with Gasteiger partial charge in [-0.25, -0.2) is 0 Å². The molecular formula is C19H20O3. The Morgan fingerprint density at radius 1 is 1.09 bits per heavy atom. The molecule has 0 heterocycles. The Morgan fingerprint density at radius 3 is 2.50 bits per heavy atom. The van der Waals surface area contributed by atoms with E-state index in [9.17, 15) is 4.79 Å². The number of rotatable bonds is 6. The molecule has 2 atom stereocenters. The SMILES string of the molecule is CCOC(=O)C1CC1c1ccc(OCc2ccccc2)cc1. The van der Waals surface area contributed by atoms with Crippen molar-refractivity contribution in [3.63, 3.8) is 0 Å². The summed E-state index contributed by atoms with van der Waals surface area (Å²) in [6.07, 6.45) is 0.892. The van der Waals surface area contributed by atoms with Crippen LogP contribution in [-0.4, -0.2) is 12.6 Å². The van der Waals surface area contributed by atoms with Crippen LogP contribution in [0.1, 0.15) is 30.4 Å². The molecule has 1 fully saturated rings. The van der Waals surface area contributed by atoms with Gasteiger partial charge in [0.05, 0.1) is 12.5 Å². The molecule has 2 aromatic rings. The Balaban J connectivity index is 1.54. The second-order valence-corrected chi connectivity index (χ2v) is 5.54. The number of carbonyl (C=O) groups excluding carboxylic acids is 1. The molecule has 2 unspecified atom stereocenters. The van der Waals surface area contributed by atoms with Gasteiger partial charge in [-0.15, -0.1) is 0 Å². The summed E-state index contributed by atoms with van der Waals surface area (Å²) in [5, 5.41) is 0. The molecule has 1 saturated carbocycles. The molecule has 0 spiro atoms. The van der Waals surface area contributed by atoms with Gasteiger partial charge >= 0.3 is 5.97 Å². The zero-order chi connectivity index (χ0) is 15.4. The third kappa shape index (κ3) is 3.48. The third-order valence-electron chi connectivity index (χ3n) is 3.94. The molecular weight excluding hydrogens is 276 g/mol. The number of ether oxygens (including phenoxy) is 2. The lowest BCUT2D eigenvalue weighted by Gasteiger charge is -2.07. The van der Waals surface area contributed by atoms with Crippen molar-refractivity contribution in [2.45, 2.75) is 25.9 Å². The second kappa shape index (κ2) is 6.65. The van der Waals surface area contributed by atoms with E-state index in [1.54, 1.807) is 0 Å². The number of esters is 1. The quantitative estimate of drug-likeness (QED) is 0.758. The fraction of sp³-hybridized carbons (Fsp3) is 0.316. The fourth-order valence-electron chi connectivity index (χ4n) is 2.63. The molecule has 0 radical (unpaired) electrons. The Bertz CT molecular complexity index is 619. The van der Waals surface area contributed by atoms with E-state index in [0.29, 0.717) is 19.1 Å². The van der Waals surface area contributed by atoms with Crippen LogP contribution in [0.2, 0.25) is 0 Å². The Hall–Kier alpha value is -2.29. The van der Waals surface area contributed by atoms with Crippen molar-refractivity contribution >= 4 is 5.97 Å². The lowest BCUT2D eigenvalue weighted by molar-refractivity contribution is -0.144. The third-order valence-corrected chi connectivity index (χ3v) is 3.94. The van der Waals surface area contributed by atoms with Crippen LogP contribution < -0.4 is 4.74 Å². The van der Waals surface area contributed by atoms with Gasteiger partial charge in [-0.2, -0.15) is 0 Å². The van der Waals surface area contributed by atoms with Crippen molar-refractivity contribution in [2.75, 3.05) is 6.61 Å². The molecule has 114 valence electrons. The topological polar surface area (TPSA) is 35.5 Å². The van der Waals surface area contributed by atoms with Gasteiger partial charge in [-0.1, -0.05) is 42.5 Å². The van der Waals surface area contributed by atoms with Crippen molar-refractivity contribution in [2.24, 2.45) is 5.92 Å². The fourth-order valence-corrected chi connectivity index (χ4v) is 2.63. The first-order valence-corrected chi connectivity index (χ1v) is 7.71. The zero-order valence-corrected chi connectivity index (χ0v) is 12.7. The molecule has 3 rings (SSSR count). The van der Waals surface area contributed by atoms with Crippen LogP contribution in [0.5, 0.6) is 5.75 Å². The summed E-state index contributed by atoms with van der Waals surface area (Å²) < 4.78 is 10.8. The molecule has 0 aliphatic heterocycles. The minimum Gasteiger partial charge on any atom is -0.489 e. The van der Waals surface area contributed by atoms with Crippen LogP contribution in [0.4, 0.5) is 0 Å². The summed E-state index contributed by atoms with van der Waals surface area (Å²) in [5.41, 5.74) is 2.33. The standard InChI is InChI=1S/C19H20O3/c1-2-21-19(20)18-12-17(18)15-8-10-16(11-9-15)22-13-14-6-4-3-5-7-14/h3-11,17-18H,2,12-13H2,1H3. The molecule has 0 aromatic heterocycles. The van der Waals surface area contributed by atoms with Gasteiger partial charge in [0.15, 0.2) is 0 Å². The van der Waals surface area contributed by atoms with Gasteiger partial charge in [-0.05, 0) is 42.5 Å². The van der Waals surface area contributed by atoms with Crippen LogP contribution >= 0.6 is 0 Å². The lowest BCUT2D eigenvalue weighted by Crippen LogP contribution is -2.07. The smallest absolute Gasteiger partial charge is 0.309 e. The van der Waals surface area contributed by atoms with E-state index in [4.69, 9.17) is 9.47 Å². The maximum Gasteiger partial charge on any atom is 0.309 e. The number of hydrogen-bond donors (Lipinski definition) is 0. The van der Waals surface area contributed by atoms with E-state index >= 15 is 0 Å². The molecule has 2 aromatic carbocycles. The van der Waals surface area contributed by atoms with Gasteiger partial charge in [0, 0.05) is 0 Å². The number of benzene rings is 2. The first-order chi connectivity index (χ1) is 10.8. The van der Waals surface area contributed by atoms with Gasteiger partial charge in [-0.3, -0.25) is 4.79 Å². The summed E-state index contributed by atoms with van der Waals surface area (Å²) in [7, 11) is 0. The number of hydrogen-bond acceptors (Lipinski definition) is 3. The highest BCUT2D eigenvalue weighted by Gasteiger charge is 2.45. The highest BCUT2D eigenvalue weighted by atomic mass is 16.5. The van der Waals surface area contributed by atoms with E-state index in [1.807, 2.05) is 61.5 Å². The van der Waals surface area contributed by atoms with Crippen LogP contribution in [0.3, 0.4) is 0 Å². The van der Waals surface area contributed by atoms with Crippen LogP contribution in [0.25, 0.3) is 0 Å². The molecule has 0 saturated heterocycles. The highest BCUT2D eigenvalue weighted by molar-refractivity contribution is 5.77. The first-order valence-electron chi connectivity index (χ1n) is 7.71. The Morgan fingerprint density at radius 2 is 1.82 bits per heavy atom. The highest BCUT2D eigenvalue weighted by Crippen LogP contribution is 2.48. The predicted octanol–water partition coefficient (Wildman–Crippen LogP) is 3.93. The lowest BCUT2D eigenvalue weighted by atomic mass is 10.1. The zero-order valence-electron chi connectivity index (χ0n) is 12.7. The van der Waals surface area contributed by atoms with Crippen LogP contribution in [-0.2, 0) is 16.1 Å². The average Bonchev–Trinajstić information content (AvgIpc) is 3.35. The normalized spacial score (nSPS) is 19.5. The molecule has 0 N–H and O–H groups in total. The minimum atomic E-state index is -0.0723. The summed E-state index contributed by atoms with van der Waals surface area (Å²) in [5.74, 6) is 1.12. The maximum absolute atomic E-state index is 11.7. The van der Waals surface area contributed by atoms with Crippen molar-refractivity contribution in [1.82, 2.24) is 0 Å². The summed E-state index contributed by atoms with van der Waals surface area (Å²) >= 11 is 0. The Labute approximate surface area is 130 Å². The van der Waals surface area contributed by atoms with E-state index in [2.05, 4.69) is 0 Å². The van der Waals surface area contributed by atoms with E-state index in [1.165, 1.54) is 5.56 Å². The molecule has 22 heavy (non-hydrogen) atoms. The van der Waals surface area contributed by atoms with Crippen LogP contribution in [0.15, 0.2) is 54.6 Å². The second-order valence-electron chi connectivity index (χ2n) is 5.54. The van der Waals surface area contributed by atoms with E-state index < -0.39 is 0 Å². The van der Waals surface area contributed by atoms with Crippen molar-refractivity contribution < 1.29 is 14.3 Å². The van der Waals surface area contributed by atoms with Gasteiger partial charge in [0.2, 0.25) is 0 Å². The van der Waals surface area contributed by atoms with Crippen molar-refractivity contribution in [3.8, 4) is 5.75 Å². The Kier molecular flexibility index (Phi) is 4.42. The summed E-state index contributed by atoms with van der Waals surface area (Å²) in [6.45, 7) is 2.86.